The minimum Gasteiger partial charge on any atom is -0.421 e. The predicted octanol–water partition coefficient (Wildman–Crippen LogP) is 3.45. The smallest absolute Gasteiger partial charge is 0.344 e. The van der Waals surface area contributed by atoms with Crippen molar-refractivity contribution in [2.75, 3.05) is 0 Å². The number of hydrogen-bond acceptors (Lipinski definition) is 4. The molecule has 110 valence electrons. The third-order valence-electron chi connectivity index (χ3n) is 3.86. The molecule has 3 aromatic heterocycles. The normalized spacial score (nSPS) is 12.5. The Bertz CT molecular complexity index is 1080. The van der Waals surface area contributed by atoms with Crippen LogP contribution in [0.2, 0.25) is 0 Å². The Morgan fingerprint density at radius 3 is 2.59 bits per heavy atom. The lowest BCUT2D eigenvalue weighted by molar-refractivity contribution is 0.368. The monoisotopic (exact) mass is 293 g/mol. The van der Waals surface area contributed by atoms with Gasteiger partial charge < -0.3 is 4.42 Å². The molecule has 0 unspecified atom stereocenters. The van der Waals surface area contributed by atoms with Crippen LogP contribution in [0.1, 0.15) is 20.8 Å². The number of benzene rings is 1. The Morgan fingerprint density at radius 1 is 1.00 bits per heavy atom. The van der Waals surface area contributed by atoms with Gasteiger partial charge in [-0.1, -0.05) is 0 Å². The van der Waals surface area contributed by atoms with E-state index in [0.29, 0.717) is 11.0 Å². The average Bonchev–Trinajstić information content (AvgIpc) is 2.92. The minimum atomic E-state index is -0.346. The second kappa shape index (κ2) is 4.16. The van der Waals surface area contributed by atoms with Crippen LogP contribution in [-0.4, -0.2) is 14.8 Å². The van der Waals surface area contributed by atoms with E-state index in [1.54, 1.807) is 24.7 Å². The predicted molar refractivity (Wildman–Crippen MR) is 86.1 cm³/mol. The van der Waals surface area contributed by atoms with Gasteiger partial charge in [-0.2, -0.15) is 5.10 Å². The molecular formula is C17H15N3O2. The van der Waals surface area contributed by atoms with Crippen LogP contribution in [0.4, 0.5) is 0 Å². The Morgan fingerprint density at radius 2 is 1.82 bits per heavy atom. The zero-order valence-electron chi connectivity index (χ0n) is 12.6. The molecule has 0 saturated heterocycles. The van der Waals surface area contributed by atoms with Gasteiger partial charge in [0.1, 0.15) is 5.58 Å². The van der Waals surface area contributed by atoms with Gasteiger partial charge in [0, 0.05) is 23.2 Å². The van der Waals surface area contributed by atoms with Gasteiger partial charge in [0.15, 0.2) is 0 Å². The lowest BCUT2D eigenvalue weighted by atomic mass is 10.1. The summed E-state index contributed by atoms with van der Waals surface area (Å²) in [5.74, 6) is 0. The summed E-state index contributed by atoms with van der Waals surface area (Å²) < 4.78 is 7.52. The van der Waals surface area contributed by atoms with Crippen LogP contribution < -0.4 is 5.63 Å². The van der Waals surface area contributed by atoms with Gasteiger partial charge in [-0.05, 0) is 39.0 Å². The quantitative estimate of drug-likeness (QED) is 0.368. The molecule has 0 atom stereocenters. The van der Waals surface area contributed by atoms with Gasteiger partial charge in [0.2, 0.25) is 0 Å². The van der Waals surface area contributed by atoms with Crippen LogP contribution in [0.25, 0.3) is 32.6 Å². The second-order valence-corrected chi connectivity index (χ2v) is 6.41. The first-order valence-electron chi connectivity index (χ1n) is 7.14. The maximum atomic E-state index is 12.2. The number of fused-ring (bicyclic) bond motifs is 5. The van der Waals surface area contributed by atoms with Crippen molar-refractivity contribution in [3.63, 3.8) is 0 Å². The van der Waals surface area contributed by atoms with E-state index in [9.17, 15) is 4.79 Å². The molecule has 5 nitrogen and oxygen atoms in total. The van der Waals surface area contributed by atoms with E-state index < -0.39 is 0 Å². The zero-order chi connectivity index (χ0) is 15.5. The molecule has 4 aromatic rings. The summed E-state index contributed by atoms with van der Waals surface area (Å²) in [6, 6.07) is 5.67. The van der Waals surface area contributed by atoms with Crippen molar-refractivity contribution in [1.82, 2.24) is 14.8 Å². The Labute approximate surface area is 126 Å². The highest BCUT2D eigenvalue weighted by atomic mass is 16.4. The van der Waals surface area contributed by atoms with Crippen LogP contribution in [0.3, 0.4) is 0 Å². The van der Waals surface area contributed by atoms with Crippen LogP contribution in [-0.2, 0) is 5.54 Å². The van der Waals surface area contributed by atoms with Gasteiger partial charge >= 0.3 is 5.63 Å². The van der Waals surface area contributed by atoms with Gasteiger partial charge in [0.25, 0.3) is 0 Å². The van der Waals surface area contributed by atoms with Crippen LogP contribution in [0.15, 0.2) is 46.0 Å². The molecule has 0 fully saturated rings. The highest BCUT2D eigenvalue weighted by Crippen LogP contribution is 2.30. The third-order valence-corrected chi connectivity index (χ3v) is 3.86. The molecule has 0 aliphatic carbocycles. The van der Waals surface area contributed by atoms with E-state index in [1.165, 1.54) is 0 Å². The van der Waals surface area contributed by atoms with E-state index in [2.05, 4.69) is 30.9 Å². The highest BCUT2D eigenvalue weighted by Gasteiger charge is 2.19. The van der Waals surface area contributed by atoms with E-state index in [-0.39, 0.29) is 11.2 Å². The number of rotatable bonds is 0. The first kappa shape index (κ1) is 13.0. The molecule has 0 aliphatic heterocycles. The van der Waals surface area contributed by atoms with Crippen molar-refractivity contribution < 1.29 is 4.42 Å². The molecule has 0 amide bonds. The molecule has 0 spiro atoms. The van der Waals surface area contributed by atoms with Gasteiger partial charge in [-0.15, -0.1) is 0 Å². The van der Waals surface area contributed by atoms with Gasteiger partial charge in [0.05, 0.1) is 28.0 Å². The summed E-state index contributed by atoms with van der Waals surface area (Å²) in [5, 5.41) is 7.54. The molecule has 0 aliphatic rings. The minimum absolute atomic E-state index is 0.145. The fourth-order valence-electron chi connectivity index (χ4n) is 2.87. The zero-order valence-corrected chi connectivity index (χ0v) is 12.6. The first-order chi connectivity index (χ1) is 10.5. The van der Waals surface area contributed by atoms with Crippen LogP contribution >= 0.6 is 0 Å². The molecule has 3 heterocycles. The van der Waals surface area contributed by atoms with Crippen molar-refractivity contribution in [2.24, 2.45) is 0 Å². The largest absolute Gasteiger partial charge is 0.421 e. The number of aromatic nitrogens is 3. The van der Waals surface area contributed by atoms with E-state index >= 15 is 0 Å². The lowest BCUT2D eigenvalue weighted by Crippen LogP contribution is -2.22. The molecule has 0 saturated carbocycles. The SMILES string of the molecule is CC(C)(C)n1ncc2c3oc(=O)c4ccncc4c3ccc21. The number of pyridine rings is 1. The number of hydrogen-bond donors (Lipinski definition) is 0. The highest BCUT2D eigenvalue weighted by molar-refractivity contribution is 6.12. The molecule has 0 bridgehead atoms. The summed E-state index contributed by atoms with van der Waals surface area (Å²) in [6.45, 7) is 6.26. The average molecular weight is 293 g/mol. The van der Waals surface area contributed by atoms with E-state index in [0.717, 1.165) is 21.7 Å². The summed E-state index contributed by atoms with van der Waals surface area (Å²) in [6.07, 6.45) is 5.06. The Hall–Kier alpha value is -2.69. The summed E-state index contributed by atoms with van der Waals surface area (Å²) in [4.78, 5) is 16.3. The molecule has 0 radical (unpaired) electrons. The molecule has 22 heavy (non-hydrogen) atoms. The van der Waals surface area contributed by atoms with Crippen molar-refractivity contribution in [3.05, 3.63) is 47.2 Å². The lowest BCUT2D eigenvalue weighted by Gasteiger charge is -2.20. The molecular weight excluding hydrogens is 278 g/mol. The summed E-state index contributed by atoms with van der Waals surface area (Å²) >= 11 is 0. The van der Waals surface area contributed by atoms with Crippen molar-refractivity contribution in [3.8, 4) is 0 Å². The van der Waals surface area contributed by atoms with Crippen LogP contribution in [0, 0.1) is 0 Å². The van der Waals surface area contributed by atoms with E-state index in [4.69, 9.17) is 4.42 Å². The molecule has 0 N–H and O–H groups in total. The summed E-state index contributed by atoms with van der Waals surface area (Å²) in [5.41, 5.74) is 1.03. The summed E-state index contributed by atoms with van der Waals surface area (Å²) in [7, 11) is 0. The Balaban J connectivity index is 2.22. The number of nitrogens with zero attached hydrogens (tertiary/aromatic N) is 3. The fourth-order valence-corrected chi connectivity index (χ4v) is 2.87. The first-order valence-corrected chi connectivity index (χ1v) is 7.14. The molecule has 5 heteroatoms. The maximum absolute atomic E-state index is 12.2. The fraction of sp³-hybridized carbons (Fsp3) is 0.235. The van der Waals surface area contributed by atoms with Crippen LogP contribution in [0.5, 0.6) is 0 Å². The topological polar surface area (TPSA) is 60.9 Å². The van der Waals surface area contributed by atoms with E-state index in [1.807, 2.05) is 16.8 Å². The Kier molecular flexibility index (Phi) is 2.46. The van der Waals surface area contributed by atoms with Crippen molar-refractivity contribution in [1.29, 1.82) is 0 Å². The second-order valence-electron chi connectivity index (χ2n) is 6.41. The van der Waals surface area contributed by atoms with Crippen molar-refractivity contribution in [2.45, 2.75) is 26.3 Å². The van der Waals surface area contributed by atoms with Gasteiger partial charge in [-0.3, -0.25) is 9.67 Å². The standard InChI is InChI=1S/C17H15N3O2/c1-17(2,3)20-14-5-4-10-12-8-18-7-6-11(12)16(21)22-15(10)13(14)9-19-20/h4-9H,1-3H3. The van der Waals surface area contributed by atoms with Crippen molar-refractivity contribution >= 4 is 32.6 Å². The molecule has 1 aromatic carbocycles. The third kappa shape index (κ3) is 1.68. The van der Waals surface area contributed by atoms with Gasteiger partial charge in [-0.25, -0.2) is 4.79 Å². The maximum Gasteiger partial charge on any atom is 0.344 e. The molecule has 4 rings (SSSR count).